The first-order valence-corrected chi connectivity index (χ1v) is 22.9. The minimum Gasteiger partial charge on any atom is -0.384 e. The SMILES string of the molecule is CCCc1ccc(-c2c3c4c(cc(F)cc4n2CCCCc2cn(CCOCCOCCOCCCNc4cccc5c4C(=O)N(C4CCC(=O)NC4=O)C5=O)nn2)C(=O)CCC3)cc1. The van der Waals surface area contributed by atoms with E-state index in [0.717, 1.165) is 83.3 Å². The predicted octanol–water partition coefficient (Wildman–Crippen LogP) is 6.49. The fourth-order valence-electron chi connectivity index (χ4n) is 9.13. The number of nitrogens with one attached hydrogen (secondary N) is 2. The molecule has 0 bridgehead atoms. The number of unbranched alkanes of at least 4 members (excludes halogenated alkanes) is 1. The molecule has 4 heterocycles. The fraction of sp³-hybridized carbons (Fsp3) is 0.449. The van der Waals surface area contributed by atoms with Gasteiger partial charge in [0.15, 0.2) is 5.78 Å². The van der Waals surface area contributed by atoms with Crippen molar-refractivity contribution in [2.45, 2.75) is 96.7 Å². The third-order valence-corrected chi connectivity index (χ3v) is 12.2. The first-order valence-electron chi connectivity index (χ1n) is 22.9. The number of Topliss-reactive ketones (excluding diaryl/α,β-unsaturated/α-hetero) is 1. The number of ether oxygens (including phenoxy) is 3. The molecule has 0 saturated carbocycles. The molecule has 0 radical (unpaired) electrons. The van der Waals surface area contributed by atoms with E-state index in [4.69, 9.17) is 14.2 Å². The first-order chi connectivity index (χ1) is 31.7. The molecule has 15 nitrogen and oxygen atoms in total. The number of carbonyl (C=O) groups excluding carboxylic acids is 5. The van der Waals surface area contributed by atoms with E-state index in [1.165, 1.54) is 11.6 Å². The summed E-state index contributed by atoms with van der Waals surface area (Å²) < 4.78 is 36.1. The van der Waals surface area contributed by atoms with E-state index in [1.807, 2.05) is 6.20 Å². The van der Waals surface area contributed by atoms with Gasteiger partial charge in [-0.3, -0.25) is 34.2 Å². The molecule has 2 N–H and O–H groups in total. The van der Waals surface area contributed by atoms with Crippen LogP contribution in [-0.4, -0.2) is 106 Å². The van der Waals surface area contributed by atoms with Gasteiger partial charge in [-0.15, -0.1) is 5.10 Å². The van der Waals surface area contributed by atoms with Crippen molar-refractivity contribution in [3.8, 4) is 11.3 Å². The van der Waals surface area contributed by atoms with Crippen LogP contribution in [-0.2, 0) is 56.2 Å². The molecule has 1 saturated heterocycles. The molecular weight excluding hydrogens is 834 g/mol. The maximum absolute atomic E-state index is 15.0. The lowest BCUT2D eigenvalue weighted by atomic mass is 9.99. The van der Waals surface area contributed by atoms with Crippen molar-refractivity contribution in [3.63, 3.8) is 0 Å². The van der Waals surface area contributed by atoms with E-state index in [2.05, 4.69) is 56.7 Å². The second-order valence-corrected chi connectivity index (χ2v) is 16.8. The Hall–Kier alpha value is -6.10. The van der Waals surface area contributed by atoms with E-state index < -0.39 is 29.7 Å². The summed E-state index contributed by atoms with van der Waals surface area (Å²) in [6.07, 6.45) is 9.29. The normalized spacial score (nSPS) is 16.1. The second kappa shape index (κ2) is 21.3. The lowest BCUT2D eigenvalue weighted by Gasteiger charge is -2.27. The topological polar surface area (TPSA) is 176 Å². The van der Waals surface area contributed by atoms with Gasteiger partial charge in [-0.2, -0.15) is 0 Å². The summed E-state index contributed by atoms with van der Waals surface area (Å²) in [7, 11) is 0. The molecule has 1 fully saturated rings. The van der Waals surface area contributed by atoms with Crippen molar-refractivity contribution in [1.29, 1.82) is 0 Å². The highest BCUT2D eigenvalue weighted by molar-refractivity contribution is 6.25. The third-order valence-electron chi connectivity index (χ3n) is 12.2. The minimum absolute atomic E-state index is 0.0127. The molecule has 4 amide bonds. The predicted molar refractivity (Wildman–Crippen MR) is 240 cm³/mol. The molecule has 1 unspecified atom stereocenters. The molecular formula is C49H56FN7O8. The molecule has 0 spiro atoms. The molecule has 3 aromatic carbocycles. The van der Waals surface area contributed by atoms with Crippen LogP contribution in [0.5, 0.6) is 0 Å². The monoisotopic (exact) mass is 889 g/mol. The number of halogens is 1. The molecule has 2 aromatic heterocycles. The molecule has 1 aliphatic carbocycles. The van der Waals surface area contributed by atoms with Crippen LogP contribution in [0.25, 0.3) is 22.2 Å². The number of imide groups is 2. The molecule has 65 heavy (non-hydrogen) atoms. The Morgan fingerprint density at radius 3 is 2.38 bits per heavy atom. The van der Waals surface area contributed by atoms with Crippen molar-refractivity contribution in [3.05, 3.63) is 100 Å². The van der Waals surface area contributed by atoms with Crippen LogP contribution in [0.4, 0.5) is 10.1 Å². The summed E-state index contributed by atoms with van der Waals surface area (Å²) in [5, 5.41) is 15.0. The number of nitrogens with zero attached hydrogens (tertiary/aromatic N) is 5. The molecule has 5 aromatic rings. The average Bonchev–Trinajstić information content (AvgIpc) is 3.92. The van der Waals surface area contributed by atoms with Crippen LogP contribution in [0.3, 0.4) is 0 Å². The summed E-state index contributed by atoms with van der Waals surface area (Å²) in [4.78, 5) is 64.3. The van der Waals surface area contributed by atoms with Gasteiger partial charge in [-0.05, 0) is 92.3 Å². The highest BCUT2D eigenvalue weighted by atomic mass is 19.1. The van der Waals surface area contributed by atoms with Crippen molar-refractivity contribution in [1.82, 2.24) is 29.8 Å². The number of ketones is 1. The maximum atomic E-state index is 15.0. The molecule has 8 rings (SSSR count). The number of benzene rings is 3. The Morgan fingerprint density at radius 2 is 1.60 bits per heavy atom. The number of piperidine rings is 1. The quantitative estimate of drug-likeness (QED) is 0.0542. The Morgan fingerprint density at radius 1 is 0.815 bits per heavy atom. The molecule has 2 aliphatic heterocycles. The summed E-state index contributed by atoms with van der Waals surface area (Å²) >= 11 is 0. The second-order valence-electron chi connectivity index (χ2n) is 16.8. The number of hydrogen-bond donors (Lipinski definition) is 2. The summed E-state index contributed by atoms with van der Waals surface area (Å²) in [5.41, 5.74) is 7.79. The summed E-state index contributed by atoms with van der Waals surface area (Å²) in [5.74, 6) is -2.51. The van der Waals surface area contributed by atoms with E-state index in [-0.39, 0.29) is 35.6 Å². The molecule has 1 atom stereocenters. The van der Waals surface area contributed by atoms with Crippen LogP contribution in [0.2, 0.25) is 0 Å². The van der Waals surface area contributed by atoms with Gasteiger partial charge >= 0.3 is 0 Å². The van der Waals surface area contributed by atoms with Gasteiger partial charge in [-0.1, -0.05) is 48.9 Å². The zero-order valence-electron chi connectivity index (χ0n) is 36.9. The largest absolute Gasteiger partial charge is 0.384 e. The number of anilines is 1. The molecule has 16 heteroatoms. The van der Waals surface area contributed by atoms with Crippen LogP contribution in [0, 0.1) is 5.82 Å². The van der Waals surface area contributed by atoms with Crippen LogP contribution in [0.15, 0.2) is 60.8 Å². The highest BCUT2D eigenvalue weighted by Crippen LogP contribution is 2.40. The molecule has 342 valence electrons. The van der Waals surface area contributed by atoms with Gasteiger partial charge < -0.3 is 24.1 Å². The van der Waals surface area contributed by atoms with E-state index in [0.29, 0.717) is 83.4 Å². The minimum atomic E-state index is -1.01. The van der Waals surface area contributed by atoms with Crippen LogP contribution < -0.4 is 10.6 Å². The zero-order valence-corrected chi connectivity index (χ0v) is 36.9. The number of aryl methyl sites for hydroxylation is 4. The van der Waals surface area contributed by atoms with Crippen molar-refractivity contribution < 1.29 is 42.6 Å². The average molecular weight is 890 g/mol. The van der Waals surface area contributed by atoms with E-state index in [9.17, 15) is 24.0 Å². The Bertz CT molecular complexity index is 2550. The van der Waals surface area contributed by atoms with Gasteiger partial charge in [0.05, 0.1) is 67.6 Å². The van der Waals surface area contributed by atoms with E-state index in [1.54, 1.807) is 28.9 Å². The molecule has 3 aliphatic rings. The van der Waals surface area contributed by atoms with E-state index >= 15 is 4.39 Å². The highest BCUT2D eigenvalue weighted by Gasteiger charge is 2.45. The van der Waals surface area contributed by atoms with Gasteiger partial charge in [0.1, 0.15) is 11.9 Å². The number of fused-ring (bicyclic) bond motifs is 1. The summed E-state index contributed by atoms with van der Waals surface area (Å²) in [6, 6.07) is 15.7. The van der Waals surface area contributed by atoms with Gasteiger partial charge in [0, 0.05) is 55.4 Å². The Balaban J connectivity index is 0.706. The van der Waals surface area contributed by atoms with Gasteiger partial charge in [0.2, 0.25) is 11.8 Å². The number of carbonyl (C=O) groups is 5. The lowest BCUT2D eigenvalue weighted by molar-refractivity contribution is -0.136. The van der Waals surface area contributed by atoms with Gasteiger partial charge in [-0.25, -0.2) is 9.07 Å². The maximum Gasteiger partial charge on any atom is 0.264 e. The third kappa shape index (κ3) is 10.4. The lowest BCUT2D eigenvalue weighted by Crippen LogP contribution is -2.54. The fourth-order valence-corrected chi connectivity index (χ4v) is 9.13. The Labute approximate surface area is 377 Å². The number of rotatable bonds is 23. The van der Waals surface area contributed by atoms with Crippen LogP contribution in [0.1, 0.15) is 106 Å². The number of hydrogen-bond acceptors (Lipinski definition) is 11. The van der Waals surface area contributed by atoms with Gasteiger partial charge in [0.25, 0.3) is 11.8 Å². The number of aromatic nitrogens is 4. The standard InChI is InChI=1S/C49H56FN7O8/c1-2-8-32-14-16-33(17-15-32)46-36-10-6-13-42(58)38-29-34(50)30-41(44(36)38)56(46)21-4-3-9-35-31-55(54-53-35)22-24-64-26-28-65-27-25-63-23-7-20-51-39-12-5-11-37-45(39)49(62)57(48(37)61)40-18-19-43(59)52-47(40)60/h5,11-12,14-17,29-31,40,51H,2-4,6-10,13,18-28H2,1H3,(H,52,59,60). The Kier molecular flexibility index (Phi) is 14.9. The zero-order chi connectivity index (χ0) is 45.3. The first kappa shape index (κ1) is 45.5. The number of amides is 4. The van der Waals surface area contributed by atoms with Crippen molar-refractivity contribution in [2.24, 2.45) is 0 Å². The smallest absolute Gasteiger partial charge is 0.264 e. The van der Waals surface area contributed by atoms with Crippen LogP contribution >= 0.6 is 0 Å². The van der Waals surface area contributed by atoms with Crippen molar-refractivity contribution in [2.75, 3.05) is 51.5 Å². The summed E-state index contributed by atoms with van der Waals surface area (Å²) in [6.45, 7) is 6.51. The van der Waals surface area contributed by atoms with Crippen molar-refractivity contribution >= 4 is 46.0 Å².